The number of hydrogen-bond acceptors (Lipinski definition) is 4. The van der Waals surface area contributed by atoms with E-state index < -0.39 is 0 Å². The second kappa shape index (κ2) is 7.15. The minimum atomic E-state index is -0.337. The van der Waals surface area contributed by atoms with Crippen LogP contribution in [0.5, 0.6) is 11.5 Å². The number of carbonyl (C=O) groups is 1. The zero-order valence-corrected chi connectivity index (χ0v) is 15.1. The summed E-state index contributed by atoms with van der Waals surface area (Å²) in [5, 5.41) is 17.6. The van der Waals surface area contributed by atoms with E-state index >= 15 is 0 Å². The molecule has 0 bridgehead atoms. The molecule has 1 aliphatic carbocycles. The summed E-state index contributed by atoms with van der Waals surface area (Å²) in [7, 11) is 1.51. The molecule has 138 valence electrons. The molecular formula is C21H21N3O3. The first kappa shape index (κ1) is 17.1. The quantitative estimate of drug-likeness (QED) is 0.731. The van der Waals surface area contributed by atoms with Gasteiger partial charge in [-0.05, 0) is 49.1 Å². The third kappa shape index (κ3) is 3.26. The zero-order chi connectivity index (χ0) is 18.8. The topological polar surface area (TPSA) is 76.4 Å². The van der Waals surface area contributed by atoms with Crippen molar-refractivity contribution in [2.24, 2.45) is 0 Å². The molecule has 0 aliphatic heterocycles. The van der Waals surface area contributed by atoms with Gasteiger partial charge in [-0.25, -0.2) is 4.68 Å². The number of phenolic OH excluding ortho intramolecular Hbond substituents is 1. The molecule has 2 N–H and O–H groups in total. The molecule has 3 aromatic rings. The highest BCUT2D eigenvalue weighted by molar-refractivity contribution is 5.96. The number of benzene rings is 2. The number of amides is 1. The average molecular weight is 363 g/mol. The Morgan fingerprint density at radius 1 is 1.22 bits per heavy atom. The normalized spacial score (nSPS) is 12.6. The second-order valence-electron chi connectivity index (χ2n) is 6.54. The van der Waals surface area contributed by atoms with Crippen LogP contribution in [0.4, 0.5) is 0 Å². The number of aromatic hydroxyl groups is 1. The van der Waals surface area contributed by atoms with Crippen LogP contribution in [0.2, 0.25) is 0 Å². The minimum absolute atomic E-state index is 0.105. The highest BCUT2D eigenvalue weighted by Crippen LogP contribution is 2.28. The predicted molar refractivity (Wildman–Crippen MR) is 101 cm³/mol. The van der Waals surface area contributed by atoms with E-state index in [-0.39, 0.29) is 17.2 Å². The number of rotatable bonds is 5. The molecule has 1 amide bonds. The van der Waals surface area contributed by atoms with E-state index in [1.807, 2.05) is 35.0 Å². The molecule has 4 rings (SSSR count). The molecular weight excluding hydrogens is 342 g/mol. The maximum atomic E-state index is 12.5. The van der Waals surface area contributed by atoms with Crippen molar-refractivity contribution in [1.29, 1.82) is 0 Å². The summed E-state index contributed by atoms with van der Waals surface area (Å²) in [5.41, 5.74) is 4.57. The molecule has 1 heterocycles. The lowest BCUT2D eigenvalue weighted by atomic mass is 10.1. The molecule has 0 spiro atoms. The number of nitrogens with zero attached hydrogens (tertiary/aromatic N) is 2. The average Bonchev–Trinajstić information content (AvgIpc) is 3.29. The summed E-state index contributed by atoms with van der Waals surface area (Å²) >= 11 is 0. The molecule has 2 aromatic carbocycles. The number of methoxy groups -OCH3 is 1. The van der Waals surface area contributed by atoms with Crippen LogP contribution < -0.4 is 10.1 Å². The monoisotopic (exact) mass is 363 g/mol. The van der Waals surface area contributed by atoms with Crippen LogP contribution in [-0.4, -0.2) is 27.9 Å². The van der Waals surface area contributed by atoms with Gasteiger partial charge in [-0.3, -0.25) is 4.79 Å². The van der Waals surface area contributed by atoms with Crippen LogP contribution in [-0.2, 0) is 19.4 Å². The largest absolute Gasteiger partial charge is 0.507 e. The van der Waals surface area contributed by atoms with Gasteiger partial charge >= 0.3 is 0 Å². The maximum Gasteiger partial charge on any atom is 0.255 e. The van der Waals surface area contributed by atoms with Crippen molar-refractivity contribution < 1.29 is 14.6 Å². The number of fused-ring (bicyclic) bond motifs is 1. The van der Waals surface area contributed by atoms with Crippen molar-refractivity contribution in [1.82, 2.24) is 15.1 Å². The van der Waals surface area contributed by atoms with Gasteiger partial charge in [0.25, 0.3) is 5.91 Å². The molecule has 27 heavy (non-hydrogen) atoms. The van der Waals surface area contributed by atoms with Gasteiger partial charge < -0.3 is 15.2 Å². The van der Waals surface area contributed by atoms with Crippen molar-refractivity contribution in [3.8, 4) is 17.2 Å². The van der Waals surface area contributed by atoms with Crippen LogP contribution in [0.15, 0.2) is 48.5 Å². The number of carbonyl (C=O) groups excluding carboxylic acids is 1. The van der Waals surface area contributed by atoms with Gasteiger partial charge in [-0.2, -0.15) is 5.10 Å². The number of phenols is 1. The lowest BCUT2D eigenvalue weighted by Crippen LogP contribution is -2.23. The molecule has 6 heteroatoms. The highest BCUT2D eigenvalue weighted by atomic mass is 16.5. The van der Waals surface area contributed by atoms with Gasteiger partial charge in [0.1, 0.15) is 11.5 Å². The summed E-state index contributed by atoms with van der Waals surface area (Å²) in [6.45, 7) is 0.326. The number of nitrogens with one attached hydrogen (secondary N) is 1. The lowest BCUT2D eigenvalue weighted by Gasteiger charge is -2.08. The standard InChI is InChI=1S/C21H21N3O3/c1-27-15-10-11-17(20(25)12-15)21(26)22-13-18-16-8-5-9-19(16)24(23-18)14-6-3-2-4-7-14/h2-4,6-7,10-12,25H,5,8-9,13H2,1H3,(H,22,26). The molecule has 6 nitrogen and oxygen atoms in total. The number of hydrogen-bond donors (Lipinski definition) is 2. The Balaban J connectivity index is 1.55. The SMILES string of the molecule is COc1ccc(C(=O)NCc2nn(-c3ccccc3)c3c2CCC3)c(O)c1. The Kier molecular flexibility index (Phi) is 4.54. The molecule has 1 aliphatic rings. The predicted octanol–water partition coefficient (Wildman–Crippen LogP) is 3.01. The summed E-state index contributed by atoms with van der Waals surface area (Å²) in [4.78, 5) is 12.5. The van der Waals surface area contributed by atoms with Gasteiger partial charge in [0.15, 0.2) is 0 Å². The zero-order valence-electron chi connectivity index (χ0n) is 15.1. The molecule has 1 aromatic heterocycles. The Hall–Kier alpha value is -3.28. The molecule has 0 unspecified atom stereocenters. The first-order chi connectivity index (χ1) is 13.2. The second-order valence-corrected chi connectivity index (χ2v) is 6.54. The van der Waals surface area contributed by atoms with Crippen LogP contribution in [0, 0.1) is 0 Å². The summed E-state index contributed by atoms with van der Waals surface area (Å²) < 4.78 is 7.03. The fourth-order valence-corrected chi connectivity index (χ4v) is 3.53. The van der Waals surface area contributed by atoms with E-state index in [4.69, 9.17) is 9.84 Å². The van der Waals surface area contributed by atoms with Gasteiger partial charge in [-0.1, -0.05) is 18.2 Å². The number of ether oxygens (including phenoxy) is 1. The first-order valence-electron chi connectivity index (χ1n) is 8.97. The van der Waals surface area contributed by atoms with Crippen molar-refractivity contribution >= 4 is 5.91 Å². The molecule has 0 atom stereocenters. The van der Waals surface area contributed by atoms with Crippen molar-refractivity contribution in [2.75, 3.05) is 7.11 Å². The summed E-state index contributed by atoms with van der Waals surface area (Å²) in [6, 6.07) is 14.7. The Bertz CT molecular complexity index is 980. The van der Waals surface area contributed by atoms with Gasteiger partial charge in [0, 0.05) is 11.8 Å². The lowest BCUT2D eigenvalue weighted by molar-refractivity contribution is 0.0947. The Morgan fingerprint density at radius 3 is 2.78 bits per heavy atom. The number of para-hydroxylation sites is 1. The van der Waals surface area contributed by atoms with E-state index in [0.717, 1.165) is 30.6 Å². The molecule has 0 saturated heterocycles. The first-order valence-corrected chi connectivity index (χ1v) is 8.97. The van der Waals surface area contributed by atoms with Crippen molar-refractivity contribution in [3.05, 3.63) is 71.0 Å². The van der Waals surface area contributed by atoms with Crippen LogP contribution in [0.1, 0.15) is 33.7 Å². The molecule has 0 radical (unpaired) electrons. The van der Waals surface area contributed by atoms with E-state index in [1.54, 1.807) is 12.1 Å². The van der Waals surface area contributed by atoms with Crippen LogP contribution in [0.3, 0.4) is 0 Å². The maximum absolute atomic E-state index is 12.5. The Morgan fingerprint density at radius 2 is 2.04 bits per heavy atom. The Labute approximate surface area is 157 Å². The fourth-order valence-electron chi connectivity index (χ4n) is 3.53. The summed E-state index contributed by atoms with van der Waals surface area (Å²) in [6.07, 6.45) is 3.06. The third-order valence-electron chi connectivity index (χ3n) is 4.88. The third-order valence-corrected chi connectivity index (χ3v) is 4.88. The molecule has 0 saturated carbocycles. The van der Waals surface area contributed by atoms with E-state index in [9.17, 15) is 9.90 Å². The van der Waals surface area contributed by atoms with Crippen LogP contribution in [0.25, 0.3) is 5.69 Å². The molecule has 0 fully saturated rings. The minimum Gasteiger partial charge on any atom is -0.507 e. The van der Waals surface area contributed by atoms with Gasteiger partial charge in [-0.15, -0.1) is 0 Å². The van der Waals surface area contributed by atoms with Crippen molar-refractivity contribution in [3.63, 3.8) is 0 Å². The van der Waals surface area contributed by atoms with Crippen LogP contribution >= 0.6 is 0 Å². The van der Waals surface area contributed by atoms with Crippen molar-refractivity contribution in [2.45, 2.75) is 25.8 Å². The van der Waals surface area contributed by atoms with E-state index in [0.29, 0.717) is 12.3 Å². The van der Waals surface area contributed by atoms with Gasteiger partial charge in [0.05, 0.1) is 30.6 Å². The van der Waals surface area contributed by atoms with Gasteiger partial charge in [0.2, 0.25) is 0 Å². The number of aromatic nitrogens is 2. The highest BCUT2D eigenvalue weighted by Gasteiger charge is 2.23. The fraction of sp³-hybridized carbons (Fsp3) is 0.238. The van der Waals surface area contributed by atoms with E-state index in [1.165, 1.54) is 24.4 Å². The van der Waals surface area contributed by atoms with E-state index in [2.05, 4.69) is 5.32 Å². The summed E-state index contributed by atoms with van der Waals surface area (Å²) in [5.74, 6) is 0.0616. The smallest absolute Gasteiger partial charge is 0.255 e.